The fourth-order valence-electron chi connectivity index (χ4n) is 4.29. The van der Waals surface area contributed by atoms with Crippen molar-refractivity contribution in [3.8, 4) is 0 Å². The molecule has 0 bridgehead atoms. The lowest BCUT2D eigenvalue weighted by atomic mass is 9.85. The maximum atomic E-state index is 12.6. The highest BCUT2D eigenvalue weighted by Crippen LogP contribution is 2.36. The number of anilines is 2. The number of hydrogen-bond donors (Lipinski definition) is 2. The molecule has 0 saturated carbocycles. The molecule has 31 heavy (non-hydrogen) atoms. The van der Waals surface area contributed by atoms with Gasteiger partial charge in [0.05, 0.1) is 17.0 Å². The predicted octanol–water partition coefficient (Wildman–Crippen LogP) is 5.69. The number of carbonyl (C=O) groups is 1. The first-order valence-corrected chi connectivity index (χ1v) is 11.6. The first-order valence-electron chi connectivity index (χ1n) is 11.6. The number of aliphatic hydroxyl groups is 1. The maximum absolute atomic E-state index is 12.6. The topological polar surface area (TPSA) is 71.0 Å². The van der Waals surface area contributed by atoms with Crippen molar-refractivity contribution < 1.29 is 19.4 Å². The molecule has 2 rings (SSSR count). The highest BCUT2D eigenvalue weighted by Gasteiger charge is 2.26. The summed E-state index contributed by atoms with van der Waals surface area (Å²) in [6.45, 7) is 15.9. The van der Waals surface area contributed by atoms with Crippen LogP contribution in [0.5, 0.6) is 0 Å². The summed E-state index contributed by atoms with van der Waals surface area (Å²) >= 11 is 0. The number of amides is 1. The van der Waals surface area contributed by atoms with Crippen LogP contribution in [0, 0.1) is 0 Å². The molecular weight excluding hydrogens is 392 g/mol. The van der Waals surface area contributed by atoms with Gasteiger partial charge in [-0.25, -0.2) is 4.79 Å². The average molecular weight is 435 g/mol. The van der Waals surface area contributed by atoms with E-state index in [4.69, 9.17) is 9.47 Å². The molecule has 0 aromatic heterocycles. The number of ether oxygens (including phenoxy) is 2. The van der Waals surface area contributed by atoms with Crippen LogP contribution < -0.4 is 10.2 Å². The van der Waals surface area contributed by atoms with Gasteiger partial charge in [-0.15, -0.1) is 0 Å². The van der Waals surface area contributed by atoms with Crippen molar-refractivity contribution >= 4 is 17.5 Å². The zero-order valence-electron chi connectivity index (χ0n) is 20.5. The average Bonchev–Trinajstić information content (AvgIpc) is 2.66. The van der Waals surface area contributed by atoms with E-state index in [0.29, 0.717) is 12.5 Å². The van der Waals surface area contributed by atoms with E-state index in [-0.39, 0.29) is 5.92 Å². The highest BCUT2D eigenvalue weighted by atomic mass is 16.6. The van der Waals surface area contributed by atoms with Gasteiger partial charge < -0.3 is 19.5 Å². The molecule has 1 aliphatic heterocycles. The molecule has 0 unspecified atom stereocenters. The fourth-order valence-corrected chi connectivity index (χ4v) is 4.29. The third kappa shape index (κ3) is 8.00. The van der Waals surface area contributed by atoms with E-state index in [1.54, 1.807) is 0 Å². The van der Waals surface area contributed by atoms with Gasteiger partial charge in [0, 0.05) is 25.8 Å². The van der Waals surface area contributed by atoms with Gasteiger partial charge in [-0.05, 0) is 90.8 Å². The van der Waals surface area contributed by atoms with Crippen LogP contribution in [0.4, 0.5) is 16.2 Å². The first kappa shape index (κ1) is 25.5. The van der Waals surface area contributed by atoms with Gasteiger partial charge in [0.1, 0.15) is 5.60 Å². The Kier molecular flexibility index (Phi) is 8.78. The summed E-state index contributed by atoms with van der Waals surface area (Å²) in [6, 6.07) is 6.68. The number of carbonyl (C=O) groups excluding carboxylic acids is 1. The first-order chi connectivity index (χ1) is 14.4. The van der Waals surface area contributed by atoms with E-state index >= 15 is 0 Å². The number of benzene rings is 1. The van der Waals surface area contributed by atoms with E-state index in [0.717, 1.165) is 56.0 Å². The van der Waals surface area contributed by atoms with Crippen molar-refractivity contribution in [2.24, 2.45) is 0 Å². The Morgan fingerprint density at radius 2 is 1.87 bits per heavy atom. The molecule has 6 heteroatoms. The largest absolute Gasteiger partial charge is 0.444 e. The lowest BCUT2D eigenvalue weighted by molar-refractivity contribution is 0.0617. The Bertz CT molecular complexity index is 715. The zero-order chi connectivity index (χ0) is 23.2. The third-order valence-electron chi connectivity index (χ3n) is 5.65. The van der Waals surface area contributed by atoms with Crippen molar-refractivity contribution in [2.75, 3.05) is 30.0 Å². The predicted molar refractivity (Wildman–Crippen MR) is 127 cm³/mol. The molecule has 1 atom stereocenters. The molecule has 0 radical (unpaired) electrons. The quantitative estimate of drug-likeness (QED) is 0.550. The molecule has 0 aliphatic carbocycles. The number of nitrogens with zero attached hydrogens (tertiary/aromatic N) is 1. The molecule has 2 N–H and O–H groups in total. The van der Waals surface area contributed by atoms with E-state index < -0.39 is 17.3 Å². The minimum absolute atomic E-state index is 0.200. The van der Waals surface area contributed by atoms with Crippen LogP contribution >= 0.6 is 0 Å². The summed E-state index contributed by atoms with van der Waals surface area (Å²) in [5.74, 6) is 0.200. The normalized spacial score (nSPS) is 16.6. The summed E-state index contributed by atoms with van der Waals surface area (Å²) in [5.41, 5.74) is 1.55. The lowest BCUT2D eigenvalue weighted by Gasteiger charge is -2.37. The molecule has 1 heterocycles. The minimum Gasteiger partial charge on any atom is -0.444 e. The molecule has 1 saturated heterocycles. The second kappa shape index (κ2) is 10.7. The molecule has 176 valence electrons. The molecule has 1 aromatic carbocycles. The second-order valence-corrected chi connectivity index (χ2v) is 10.2. The van der Waals surface area contributed by atoms with Gasteiger partial charge in [-0.3, -0.25) is 5.32 Å². The minimum atomic E-state index is -0.754. The Hall–Kier alpha value is -1.79. The number of nitrogens with one attached hydrogen (secondary N) is 1. The molecule has 1 aromatic rings. The Labute approximate surface area is 188 Å². The van der Waals surface area contributed by atoms with Crippen LogP contribution in [0.3, 0.4) is 0 Å². The van der Waals surface area contributed by atoms with Gasteiger partial charge in [-0.1, -0.05) is 13.0 Å². The Balaban J connectivity index is 2.41. The van der Waals surface area contributed by atoms with Crippen LogP contribution in [0.25, 0.3) is 0 Å². The van der Waals surface area contributed by atoms with Gasteiger partial charge >= 0.3 is 6.09 Å². The molecule has 1 aliphatic rings. The van der Waals surface area contributed by atoms with E-state index in [1.165, 1.54) is 0 Å². The third-order valence-corrected chi connectivity index (χ3v) is 5.65. The summed E-state index contributed by atoms with van der Waals surface area (Å²) in [5, 5.41) is 13.4. The zero-order valence-corrected chi connectivity index (χ0v) is 20.5. The highest BCUT2D eigenvalue weighted by molar-refractivity contribution is 5.90. The smallest absolute Gasteiger partial charge is 0.412 e. The molecule has 0 spiro atoms. The van der Waals surface area contributed by atoms with E-state index in [1.807, 2.05) is 34.6 Å². The van der Waals surface area contributed by atoms with Crippen LogP contribution in [0.15, 0.2) is 18.2 Å². The van der Waals surface area contributed by atoms with Gasteiger partial charge in [0.2, 0.25) is 0 Å². The Morgan fingerprint density at radius 1 is 1.23 bits per heavy atom. The van der Waals surface area contributed by atoms with Gasteiger partial charge in [0.15, 0.2) is 0 Å². The van der Waals surface area contributed by atoms with Crippen LogP contribution in [0.1, 0.15) is 85.6 Å². The van der Waals surface area contributed by atoms with Crippen molar-refractivity contribution in [3.05, 3.63) is 23.8 Å². The molecule has 1 fully saturated rings. The standard InChI is InChI=1S/C25H42N2O4/c1-8-18(17-25(6,7)29)19-10-11-22(27(9-2)20-12-14-30-15-13-20)21(16-19)26-23(28)31-24(3,4)5/h10-11,16,18,20,29H,8-9,12-15,17H2,1-7H3,(H,26,28)/t18-/m0/s1. The van der Waals surface area contributed by atoms with Crippen LogP contribution in [-0.2, 0) is 9.47 Å². The summed E-state index contributed by atoms with van der Waals surface area (Å²) in [6.07, 6.45) is 3.05. The number of rotatable bonds is 8. The maximum Gasteiger partial charge on any atom is 0.412 e. The molecule has 6 nitrogen and oxygen atoms in total. The molecular formula is C25H42N2O4. The summed E-state index contributed by atoms with van der Waals surface area (Å²) < 4.78 is 11.1. The van der Waals surface area contributed by atoms with E-state index in [9.17, 15) is 9.90 Å². The second-order valence-electron chi connectivity index (χ2n) is 10.2. The summed E-state index contributed by atoms with van der Waals surface area (Å²) in [4.78, 5) is 15.0. The van der Waals surface area contributed by atoms with Crippen molar-refractivity contribution in [1.82, 2.24) is 0 Å². The molecule has 1 amide bonds. The SMILES string of the molecule is CC[C@@H](CC(C)(C)O)c1ccc(N(CC)C2CCOCC2)c(NC(=O)OC(C)(C)C)c1. The monoisotopic (exact) mass is 434 g/mol. The van der Waals surface area contributed by atoms with Crippen molar-refractivity contribution in [3.63, 3.8) is 0 Å². The van der Waals surface area contributed by atoms with Crippen molar-refractivity contribution in [2.45, 2.75) is 97.3 Å². The van der Waals surface area contributed by atoms with Crippen molar-refractivity contribution in [1.29, 1.82) is 0 Å². The van der Waals surface area contributed by atoms with E-state index in [2.05, 4.69) is 42.3 Å². The Morgan fingerprint density at radius 3 is 2.39 bits per heavy atom. The summed E-state index contributed by atoms with van der Waals surface area (Å²) in [7, 11) is 0. The van der Waals surface area contributed by atoms with Gasteiger partial charge in [-0.2, -0.15) is 0 Å². The fraction of sp³-hybridized carbons (Fsp3) is 0.720. The lowest BCUT2D eigenvalue weighted by Crippen LogP contribution is -2.40. The van der Waals surface area contributed by atoms with Crippen LogP contribution in [0.2, 0.25) is 0 Å². The van der Waals surface area contributed by atoms with Gasteiger partial charge in [0.25, 0.3) is 0 Å². The number of hydrogen-bond acceptors (Lipinski definition) is 5. The van der Waals surface area contributed by atoms with Crippen LogP contribution in [-0.4, -0.2) is 48.2 Å².